The Morgan fingerprint density at radius 2 is 1.65 bits per heavy atom. The van der Waals surface area contributed by atoms with E-state index in [1.54, 1.807) is 6.07 Å². The second-order valence-corrected chi connectivity index (χ2v) is 6.20. The number of aromatic amines is 1. The van der Waals surface area contributed by atoms with Gasteiger partial charge in [-0.25, -0.2) is 4.98 Å². The van der Waals surface area contributed by atoms with Gasteiger partial charge in [0.25, 0.3) is 5.56 Å². The second-order valence-electron chi connectivity index (χ2n) is 6.20. The molecule has 0 aliphatic carbocycles. The second kappa shape index (κ2) is 6.84. The Labute approximate surface area is 151 Å². The van der Waals surface area contributed by atoms with Crippen LogP contribution in [-0.4, -0.2) is 9.97 Å². The van der Waals surface area contributed by atoms with Crippen molar-refractivity contribution in [3.63, 3.8) is 0 Å². The Kier molecular flexibility index (Phi) is 4.23. The van der Waals surface area contributed by atoms with Gasteiger partial charge in [0, 0.05) is 0 Å². The molecule has 4 aromatic rings. The Hall–Kier alpha value is -3.40. The number of para-hydroxylation sites is 2. The number of rotatable bonds is 4. The summed E-state index contributed by atoms with van der Waals surface area (Å²) >= 11 is 0. The Morgan fingerprint density at radius 3 is 2.50 bits per heavy atom. The van der Waals surface area contributed by atoms with Gasteiger partial charge in [-0.3, -0.25) is 4.79 Å². The summed E-state index contributed by atoms with van der Waals surface area (Å²) in [6.45, 7) is 2.51. The molecule has 0 bridgehead atoms. The maximum atomic E-state index is 12.4. The summed E-state index contributed by atoms with van der Waals surface area (Å²) in [4.78, 5) is 19.8. The third kappa shape index (κ3) is 3.22. The van der Waals surface area contributed by atoms with Crippen LogP contribution < -0.4 is 10.3 Å². The lowest BCUT2D eigenvalue weighted by atomic mass is 10.1. The minimum atomic E-state index is -0.154. The molecule has 128 valence electrons. The molecule has 1 heterocycles. The van der Waals surface area contributed by atoms with Crippen LogP contribution in [-0.2, 0) is 6.61 Å². The molecule has 1 N–H and O–H groups in total. The molecule has 0 amide bonds. The first kappa shape index (κ1) is 16.1. The van der Waals surface area contributed by atoms with Crippen LogP contribution in [0.3, 0.4) is 0 Å². The van der Waals surface area contributed by atoms with Crippen molar-refractivity contribution in [2.24, 2.45) is 0 Å². The Bertz CT molecular complexity index is 1110. The molecular weight excluding hydrogens is 324 g/mol. The first-order valence-electron chi connectivity index (χ1n) is 8.47. The van der Waals surface area contributed by atoms with Crippen molar-refractivity contribution in [2.75, 3.05) is 0 Å². The Morgan fingerprint density at radius 1 is 0.923 bits per heavy atom. The van der Waals surface area contributed by atoms with E-state index >= 15 is 0 Å². The normalized spacial score (nSPS) is 10.8. The third-order valence-corrected chi connectivity index (χ3v) is 4.27. The first-order chi connectivity index (χ1) is 12.7. The van der Waals surface area contributed by atoms with Crippen LogP contribution in [0, 0.1) is 6.92 Å². The van der Waals surface area contributed by atoms with Gasteiger partial charge in [-0.15, -0.1) is 0 Å². The van der Waals surface area contributed by atoms with Crippen molar-refractivity contribution in [2.45, 2.75) is 13.5 Å². The highest BCUT2D eigenvalue weighted by molar-refractivity contribution is 5.80. The fourth-order valence-corrected chi connectivity index (χ4v) is 2.85. The Balaban J connectivity index is 1.69. The van der Waals surface area contributed by atoms with Crippen LogP contribution in [0.25, 0.3) is 22.3 Å². The monoisotopic (exact) mass is 342 g/mol. The van der Waals surface area contributed by atoms with E-state index in [9.17, 15) is 4.79 Å². The van der Waals surface area contributed by atoms with Gasteiger partial charge in [0.15, 0.2) is 0 Å². The minimum absolute atomic E-state index is 0.154. The molecule has 0 fully saturated rings. The summed E-state index contributed by atoms with van der Waals surface area (Å²) < 4.78 is 6.01. The minimum Gasteiger partial charge on any atom is -0.488 e. The number of hydrogen-bond donors (Lipinski definition) is 1. The molecule has 3 aromatic carbocycles. The quantitative estimate of drug-likeness (QED) is 0.595. The largest absolute Gasteiger partial charge is 0.488 e. The molecule has 0 unspecified atom stereocenters. The van der Waals surface area contributed by atoms with E-state index in [-0.39, 0.29) is 5.56 Å². The van der Waals surface area contributed by atoms with Crippen LogP contribution in [0.5, 0.6) is 5.75 Å². The van der Waals surface area contributed by atoms with E-state index in [2.05, 4.69) is 29.0 Å². The van der Waals surface area contributed by atoms with Crippen molar-refractivity contribution in [1.82, 2.24) is 9.97 Å². The number of nitrogens with zero attached hydrogens (tertiary/aromatic N) is 1. The highest BCUT2D eigenvalue weighted by Gasteiger charge is 2.11. The molecule has 0 atom stereocenters. The molecule has 0 saturated heterocycles. The zero-order valence-corrected chi connectivity index (χ0v) is 14.4. The summed E-state index contributed by atoms with van der Waals surface area (Å²) in [5, 5.41) is 0.578. The lowest BCUT2D eigenvalue weighted by molar-refractivity contribution is 0.307. The predicted octanol–water partition coefficient (Wildman–Crippen LogP) is 4.48. The molecule has 4 heteroatoms. The zero-order chi connectivity index (χ0) is 17.9. The lowest BCUT2D eigenvalue weighted by Crippen LogP contribution is -2.10. The van der Waals surface area contributed by atoms with E-state index in [4.69, 9.17) is 4.74 Å². The summed E-state index contributed by atoms with van der Waals surface area (Å²) in [7, 11) is 0. The molecule has 4 rings (SSSR count). The summed E-state index contributed by atoms with van der Waals surface area (Å²) in [5.74, 6) is 1.19. The van der Waals surface area contributed by atoms with E-state index in [0.29, 0.717) is 29.1 Å². The number of aryl methyl sites for hydroxylation is 1. The fourth-order valence-electron chi connectivity index (χ4n) is 2.85. The molecule has 26 heavy (non-hydrogen) atoms. The smallest absolute Gasteiger partial charge is 0.259 e. The maximum Gasteiger partial charge on any atom is 0.259 e. The first-order valence-corrected chi connectivity index (χ1v) is 8.47. The van der Waals surface area contributed by atoms with Crippen molar-refractivity contribution in [3.05, 3.63) is 94.3 Å². The predicted molar refractivity (Wildman–Crippen MR) is 103 cm³/mol. The number of nitrogens with one attached hydrogen (secondary N) is 1. The van der Waals surface area contributed by atoms with Crippen molar-refractivity contribution >= 4 is 10.9 Å². The van der Waals surface area contributed by atoms with Gasteiger partial charge >= 0.3 is 0 Å². The number of ether oxygens (including phenoxy) is 1. The fraction of sp³-hybridized carbons (Fsp3) is 0.0909. The molecule has 0 radical (unpaired) electrons. The van der Waals surface area contributed by atoms with Crippen molar-refractivity contribution in [1.29, 1.82) is 0 Å². The summed E-state index contributed by atoms with van der Waals surface area (Å²) in [6.07, 6.45) is 0. The van der Waals surface area contributed by atoms with Crippen molar-refractivity contribution in [3.8, 4) is 17.1 Å². The number of fused-ring (bicyclic) bond motifs is 1. The number of benzene rings is 3. The molecule has 1 aromatic heterocycles. The van der Waals surface area contributed by atoms with E-state index in [0.717, 1.165) is 11.1 Å². The average molecular weight is 342 g/mol. The van der Waals surface area contributed by atoms with Crippen LogP contribution in [0.15, 0.2) is 77.6 Å². The van der Waals surface area contributed by atoms with E-state index in [1.807, 2.05) is 54.6 Å². The van der Waals surface area contributed by atoms with Crippen LogP contribution in [0.2, 0.25) is 0 Å². The molecule has 0 saturated carbocycles. The molecule has 0 aliphatic rings. The topological polar surface area (TPSA) is 55.0 Å². The van der Waals surface area contributed by atoms with Gasteiger partial charge in [-0.05, 0) is 36.8 Å². The number of hydrogen-bond acceptors (Lipinski definition) is 3. The standard InChI is InChI=1S/C22H18N2O2/c1-15-10-12-16(13-11-15)14-26-20-9-5-3-7-18(20)21-23-19-8-4-2-6-17(19)22(25)24-21/h2-13H,14H2,1H3,(H,23,24,25). The molecule has 0 spiro atoms. The third-order valence-electron chi connectivity index (χ3n) is 4.27. The van der Waals surface area contributed by atoms with Gasteiger partial charge < -0.3 is 9.72 Å². The van der Waals surface area contributed by atoms with E-state index < -0.39 is 0 Å². The summed E-state index contributed by atoms with van der Waals surface area (Å²) in [6, 6.07) is 23.1. The van der Waals surface area contributed by atoms with Gasteiger partial charge in [0.05, 0.1) is 16.5 Å². The molecule has 4 nitrogen and oxygen atoms in total. The number of H-pyrrole nitrogens is 1. The lowest BCUT2D eigenvalue weighted by Gasteiger charge is -2.11. The van der Waals surface area contributed by atoms with E-state index in [1.165, 1.54) is 5.56 Å². The maximum absolute atomic E-state index is 12.4. The van der Waals surface area contributed by atoms with Gasteiger partial charge in [-0.1, -0.05) is 54.1 Å². The van der Waals surface area contributed by atoms with Crippen LogP contribution >= 0.6 is 0 Å². The zero-order valence-electron chi connectivity index (χ0n) is 14.4. The average Bonchev–Trinajstić information content (AvgIpc) is 2.68. The SMILES string of the molecule is Cc1ccc(COc2ccccc2-c2nc3ccccc3c(=O)[nH]2)cc1. The molecule has 0 aliphatic heterocycles. The summed E-state index contributed by atoms with van der Waals surface area (Å²) in [5.41, 5.74) is 3.58. The van der Waals surface area contributed by atoms with Crippen molar-refractivity contribution < 1.29 is 4.74 Å². The highest BCUT2D eigenvalue weighted by Crippen LogP contribution is 2.28. The highest BCUT2D eigenvalue weighted by atomic mass is 16.5. The number of aromatic nitrogens is 2. The van der Waals surface area contributed by atoms with Gasteiger partial charge in [-0.2, -0.15) is 0 Å². The van der Waals surface area contributed by atoms with Crippen LogP contribution in [0.4, 0.5) is 0 Å². The van der Waals surface area contributed by atoms with Crippen LogP contribution in [0.1, 0.15) is 11.1 Å². The van der Waals surface area contributed by atoms with Gasteiger partial charge in [0.2, 0.25) is 0 Å². The molecular formula is C22H18N2O2. The van der Waals surface area contributed by atoms with Gasteiger partial charge in [0.1, 0.15) is 18.2 Å².